The highest BCUT2D eigenvalue weighted by molar-refractivity contribution is 5.86. The molecule has 0 aromatic carbocycles. The number of esters is 5. The molecule has 29 heavy (non-hydrogen) atoms. The smallest absolute Gasteiger partial charge is 0.303 e. The lowest BCUT2D eigenvalue weighted by molar-refractivity contribution is -0.203. The predicted molar refractivity (Wildman–Crippen MR) is 94.1 cm³/mol. The van der Waals surface area contributed by atoms with Crippen LogP contribution in [-0.2, 0) is 52.5 Å². The molecule has 0 aliphatic carbocycles. The monoisotopic (exact) mass is 418 g/mol. The van der Waals surface area contributed by atoms with E-state index in [4.69, 9.17) is 23.7 Å². The van der Waals surface area contributed by atoms with E-state index in [-0.39, 0.29) is 6.42 Å². The third kappa shape index (κ3) is 10.2. The normalized spacial score (nSPS) is 14.4. The fourth-order valence-corrected chi connectivity index (χ4v) is 2.34. The Morgan fingerprint density at radius 2 is 1.07 bits per heavy atom. The van der Waals surface area contributed by atoms with Crippen LogP contribution in [0, 0.1) is 0 Å². The Hall–Kier alpha value is -2.98. The highest BCUT2D eigenvalue weighted by atomic mass is 16.6. The van der Waals surface area contributed by atoms with Gasteiger partial charge in [-0.25, -0.2) is 0 Å². The lowest BCUT2D eigenvalue weighted by Gasteiger charge is -2.34. The zero-order chi connectivity index (χ0) is 22.7. The van der Waals surface area contributed by atoms with E-state index in [1.165, 1.54) is 6.92 Å². The first-order valence-electron chi connectivity index (χ1n) is 8.73. The van der Waals surface area contributed by atoms with Crippen LogP contribution in [0.2, 0.25) is 0 Å². The van der Waals surface area contributed by atoms with Crippen LogP contribution >= 0.6 is 0 Å². The second kappa shape index (κ2) is 12.5. The maximum absolute atomic E-state index is 12.4. The molecule has 11 nitrogen and oxygen atoms in total. The average molecular weight is 418 g/mol. The van der Waals surface area contributed by atoms with Crippen LogP contribution in [-0.4, -0.2) is 66.7 Å². The Bertz CT molecular complexity index is 640. The number of ether oxygens (including phenoxy) is 5. The first kappa shape index (κ1) is 26.0. The zero-order valence-corrected chi connectivity index (χ0v) is 17.2. The van der Waals surface area contributed by atoms with Crippen molar-refractivity contribution < 1.29 is 52.5 Å². The molecule has 11 heteroatoms. The summed E-state index contributed by atoms with van der Waals surface area (Å²) in [5, 5.41) is 0. The molecule has 4 atom stereocenters. The van der Waals surface area contributed by atoms with Gasteiger partial charge in [-0.05, 0) is 0 Å². The van der Waals surface area contributed by atoms with Crippen LogP contribution < -0.4 is 0 Å². The summed E-state index contributed by atoms with van der Waals surface area (Å²) in [5.74, 6) is -4.82. The molecule has 0 unspecified atom stereocenters. The van der Waals surface area contributed by atoms with Crippen molar-refractivity contribution in [2.45, 2.75) is 72.4 Å². The van der Waals surface area contributed by atoms with E-state index in [9.17, 15) is 28.8 Å². The standard InChI is InChI=1S/C18H26O11/c1-7-14(24)16(27-11(4)21)18(29-13(6)23)17(28-12(5)22)15(26-10(3)20)8-25-9(2)19/h15-18H,7-8H2,1-6H3/t15-,16-,17-,18+/m1/s1. The topological polar surface area (TPSA) is 149 Å². The minimum absolute atomic E-state index is 0.106. The fourth-order valence-electron chi connectivity index (χ4n) is 2.34. The van der Waals surface area contributed by atoms with Gasteiger partial charge in [0, 0.05) is 41.0 Å². The summed E-state index contributed by atoms with van der Waals surface area (Å²) < 4.78 is 25.2. The van der Waals surface area contributed by atoms with Gasteiger partial charge in [-0.2, -0.15) is 0 Å². The van der Waals surface area contributed by atoms with Crippen molar-refractivity contribution in [1.29, 1.82) is 0 Å². The van der Waals surface area contributed by atoms with Crippen molar-refractivity contribution in [3.8, 4) is 0 Å². The number of ketones is 1. The van der Waals surface area contributed by atoms with Crippen molar-refractivity contribution in [1.82, 2.24) is 0 Å². The van der Waals surface area contributed by atoms with Gasteiger partial charge in [-0.15, -0.1) is 0 Å². The molecule has 0 aromatic heterocycles. The van der Waals surface area contributed by atoms with Gasteiger partial charge in [0.15, 0.2) is 24.1 Å². The van der Waals surface area contributed by atoms with E-state index >= 15 is 0 Å². The summed E-state index contributed by atoms with van der Waals surface area (Å²) in [6, 6.07) is 0. The minimum Gasteiger partial charge on any atom is -0.462 e. The maximum atomic E-state index is 12.4. The van der Waals surface area contributed by atoms with Crippen molar-refractivity contribution in [2.75, 3.05) is 6.61 Å². The van der Waals surface area contributed by atoms with Crippen LogP contribution in [0.1, 0.15) is 48.0 Å². The van der Waals surface area contributed by atoms with Gasteiger partial charge in [-0.1, -0.05) is 6.92 Å². The number of carbonyl (C=O) groups is 6. The number of carbonyl (C=O) groups excluding carboxylic acids is 6. The second-order valence-corrected chi connectivity index (χ2v) is 5.95. The van der Waals surface area contributed by atoms with Crippen LogP contribution in [0.5, 0.6) is 0 Å². The SMILES string of the molecule is CCC(=O)[C@@H](OC(C)=O)[C@H](OC(C)=O)[C@H](OC(C)=O)[C@@H](COC(C)=O)OC(C)=O. The molecule has 0 saturated heterocycles. The van der Waals surface area contributed by atoms with Gasteiger partial charge in [0.25, 0.3) is 0 Å². The van der Waals surface area contributed by atoms with Crippen LogP contribution in [0.4, 0.5) is 0 Å². The van der Waals surface area contributed by atoms with E-state index in [0.717, 1.165) is 34.6 Å². The van der Waals surface area contributed by atoms with Crippen LogP contribution in [0.15, 0.2) is 0 Å². The molecule has 0 aliphatic heterocycles. The fraction of sp³-hybridized carbons (Fsp3) is 0.667. The van der Waals surface area contributed by atoms with Gasteiger partial charge < -0.3 is 23.7 Å². The Morgan fingerprint density at radius 1 is 0.621 bits per heavy atom. The Morgan fingerprint density at radius 3 is 1.45 bits per heavy atom. The Balaban J connectivity index is 6.29. The maximum Gasteiger partial charge on any atom is 0.303 e. The molecule has 0 fully saturated rings. The van der Waals surface area contributed by atoms with Crippen molar-refractivity contribution >= 4 is 35.6 Å². The minimum atomic E-state index is -1.66. The van der Waals surface area contributed by atoms with E-state index in [1.54, 1.807) is 0 Å². The van der Waals surface area contributed by atoms with Gasteiger partial charge in [0.2, 0.25) is 6.10 Å². The third-order valence-electron chi connectivity index (χ3n) is 3.32. The Labute approximate surface area is 167 Å². The van der Waals surface area contributed by atoms with Crippen molar-refractivity contribution in [3.63, 3.8) is 0 Å². The second-order valence-electron chi connectivity index (χ2n) is 5.95. The lowest BCUT2D eigenvalue weighted by atomic mass is 9.98. The van der Waals surface area contributed by atoms with Crippen LogP contribution in [0.3, 0.4) is 0 Å². The first-order chi connectivity index (χ1) is 13.4. The largest absolute Gasteiger partial charge is 0.462 e. The van der Waals surface area contributed by atoms with Crippen molar-refractivity contribution in [3.05, 3.63) is 0 Å². The molecular weight excluding hydrogens is 392 g/mol. The van der Waals surface area contributed by atoms with E-state index in [2.05, 4.69) is 0 Å². The average Bonchev–Trinajstić information content (AvgIpc) is 2.58. The molecule has 0 radical (unpaired) electrons. The molecule has 0 N–H and O–H groups in total. The molecule has 0 spiro atoms. The number of hydrogen-bond acceptors (Lipinski definition) is 11. The van der Waals surface area contributed by atoms with Crippen LogP contribution in [0.25, 0.3) is 0 Å². The molecule has 164 valence electrons. The van der Waals surface area contributed by atoms with Gasteiger partial charge in [0.05, 0.1) is 0 Å². The third-order valence-corrected chi connectivity index (χ3v) is 3.32. The summed E-state index contributed by atoms with van der Waals surface area (Å²) in [6.45, 7) is 6.13. The number of rotatable bonds is 11. The predicted octanol–water partition coefficient (Wildman–Crippen LogP) is 0.255. The highest BCUT2D eigenvalue weighted by Crippen LogP contribution is 2.21. The first-order valence-corrected chi connectivity index (χ1v) is 8.73. The summed E-state index contributed by atoms with van der Waals surface area (Å²) in [4.78, 5) is 69.9. The summed E-state index contributed by atoms with van der Waals surface area (Å²) >= 11 is 0. The van der Waals surface area contributed by atoms with Crippen molar-refractivity contribution in [2.24, 2.45) is 0 Å². The van der Waals surface area contributed by atoms with Gasteiger partial charge in [-0.3, -0.25) is 28.8 Å². The highest BCUT2D eigenvalue weighted by Gasteiger charge is 2.46. The number of Topliss-reactive ketones (excluding diaryl/α,β-unsaturated/α-hetero) is 1. The summed E-state index contributed by atoms with van der Waals surface area (Å²) in [5.41, 5.74) is 0. The zero-order valence-electron chi connectivity index (χ0n) is 17.2. The summed E-state index contributed by atoms with van der Waals surface area (Å²) in [7, 11) is 0. The molecule has 0 saturated carbocycles. The van der Waals surface area contributed by atoms with Gasteiger partial charge in [0.1, 0.15) is 6.61 Å². The van der Waals surface area contributed by atoms with E-state index < -0.39 is 66.7 Å². The molecule has 0 heterocycles. The Kier molecular flexibility index (Phi) is 11.2. The molecule has 0 bridgehead atoms. The number of hydrogen-bond donors (Lipinski definition) is 0. The molecule has 0 amide bonds. The molecule has 0 rings (SSSR count). The molecular formula is C18H26O11. The van der Waals surface area contributed by atoms with Gasteiger partial charge >= 0.3 is 29.8 Å². The molecule has 0 aliphatic rings. The quantitative estimate of drug-likeness (QED) is 0.336. The van der Waals surface area contributed by atoms with E-state index in [1.807, 2.05) is 0 Å². The van der Waals surface area contributed by atoms with E-state index in [0.29, 0.717) is 0 Å². The summed E-state index contributed by atoms with van der Waals surface area (Å²) in [6.07, 6.45) is -6.48. The lowest BCUT2D eigenvalue weighted by Crippen LogP contribution is -2.55. The molecule has 0 aromatic rings.